The van der Waals surface area contributed by atoms with Crippen molar-refractivity contribution in [2.75, 3.05) is 26.2 Å². The molecule has 0 aliphatic carbocycles. The van der Waals surface area contributed by atoms with Crippen molar-refractivity contribution in [3.05, 3.63) is 54.0 Å². The quantitative estimate of drug-likeness (QED) is 0.784. The van der Waals surface area contributed by atoms with Gasteiger partial charge >= 0.3 is 6.09 Å². The van der Waals surface area contributed by atoms with Crippen LogP contribution in [0, 0.1) is 5.82 Å². The first kappa shape index (κ1) is 21.9. The Balaban J connectivity index is 1.30. The van der Waals surface area contributed by atoms with Crippen molar-refractivity contribution in [1.82, 2.24) is 20.1 Å². The third-order valence-corrected chi connectivity index (χ3v) is 5.14. The summed E-state index contributed by atoms with van der Waals surface area (Å²) in [4.78, 5) is 25.2. The highest BCUT2D eigenvalue weighted by atomic mass is 19.1. The third-order valence-electron chi connectivity index (χ3n) is 5.14. The molecule has 0 saturated carbocycles. The summed E-state index contributed by atoms with van der Waals surface area (Å²) in [5.74, 6) is 1.48. The lowest BCUT2D eigenvalue weighted by atomic mass is 10.2. The number of carbonyl (C=O) groups is 1. The summed E-state index contributed by atoms with van der Waals surface area (Å²) < 4.78 is 24.3. The van der Waals surface area contributed by atoms with Crippen molar-refractivity contribution < 1.29 is 18.7 Å². The molecule has 3 heterocycles. The first-order valence-electron chi connectivity index (χ1n) is 10.7. The van der Waals surface area contributed by atoms with Gasteiger partial charge in [-0.2, -0.15) is 0 Å². The predicted octanol–water partition coefficient (Wildman–Crippen LogP) is 3.39. The molecule has 1 unspecified atom stereocenters. The Hall–Kier alpha value is -3.36. The average molecular weight is 442 g/mol. The number of fused-ring (bicyclic) bond motifs is 1. The number of benzene rings is 1. The van der Waals surface area contributed by atoms with E-state index in [-0.39, 0.29) is 18.0 Å². The summed E-state index contributed by atoms with van der Waals surface area (Å²) in [6, 6.07) is 9.70. The van der Waals surface area contributed by atoms with Gasteiger partial charge in [-0.1, -0.05) is 0 Å². The summed E-state index contributed by atoms with van der Waals surface area (Å²) in [5.41, 5.74) is 0.479. The van der Waals surface area contributed by atoms with E-state index in [1.54, 1.807) is 23.2 Å². The molecule has 1 aromatic heterocycles. The van der Waals surface area contributed by atoms with Crippen molar-refractivity contribution in [2.45, 2.75) is 39.0 Å². The number of amides is 1. The van der Waals surface area contributed by atoms with Gasteiger partial charge in [0.15, 0.2) is 5.96 Å². The van der Waals surface area contributed by atoms with E-state index in [2.05, 4.69) is 20.2 Å². The zero-order valence-electron chi connectivity index (χ0n) is 18.5. The number of halogens is 1. The minimum Gasteiger partial charge on any atom is -0.444 e. The minimum atomic E-state index is -0.503. The van der Waals surface area contributed by atoms with E-state index in [0.717, 1.165) is 11.5 Å². The van der Waals surface area contributed by atoms with E-state index in [9.17, 15) is 9.18 Å². The first-order chi connectivity index (χ1) is 15.3. The molecular formula is C23H28FN5O3. The fraction of sp³-hybridized carbons (Fsp3) is 0.435. The van der Waals surface area contributed by atoms with Crippen LogP contribution in [0.15, 0.2) is 47.6 Å². The highest BCUT2D eigenvalue weighted by Gasteiger charge is 2.36. The number of hydrogen-bond acceptors (Lipinski definition) is 7. The van der Waals surface area contributed by atoms with Crippen LogP contribution in [0.4, 0.5) is 9.18 Å². The van der Waals surface area contributed by atoms with Crippen LogP contribution < -0.4 is 10.1 Å². The van der Waals surface area contributed by atoms with Crippen LogP contribution >= 0.6 is 0 Å². The normalized spacial score (nSPS) is 18.1. The van der Waals surface area contributed by atoms with Gasteiger partial charge in [0.1, 0.15) is 17.2 Å². The second-order valence-corrected chi connectivity index (χ2v) is 8.85. The molecule has 1 amide bonds. The summed E-state index contributed by atoms with van der Waals surface area (Å²) in [6.07, 6.45) is 1.40. The SMILES string of the molecule is CC(C)(C)OC(=O)N1CCN2C(NCc3ccnc(Oc4ccc(F)cc4)c3)=NCC2C1. The molecule has 1 atom stereocenters. The molecule has 0 spiro atoms. The number of guanidine groups is 1. The molecular weight excluding hydrogens is 413 g/mol. The second kappa shape index (κ2) is 9.02. The highest BCUT2D eigenvalue weighted by molar-refractivity contribution is 5.82. The van der Waals surface area contributed by atoms with Crippen molar-refractivity contribution in [2.24, 2.45) is 4.99 Å². The monoisotopic (exact) mass is 441 g/mol. The molecule has 1 fully saturated rings. The van der Waals surface area contributed by atoms with E-state index in [1.165, 1.54) is 12.1 Å². The molecule has 1 N–H and O–H groups in total. The maximum Gasteiger partial charge on any atom is 0.410 e. The lowest BCUT2D eigenvalue weighted by Gasteiger charge is -2.39. The first-order valence-corrected chi connectivity index (χ1v) is 10.7. The van der Waals surface area contributed by atoms with Crippen LogP contribution in [0.1, 0.15) is 26.3 Å². The van der Waals surface area contributed by atoms with Gasteiger partial charge in [0.25, 0.3) is 0 Å². The number of rotatable bonds is 4. The van der Waals surface area contributed by atoms with Gasteiger partial charge in [-0.3, -0.25) is 4.99 Å². The second-order valence-electron chi connectivity index (χ2n) is 8.85. The van der Waals surface area contributed by atoms with Crippen LogP contribution in [-0.4, -0.2) is 64.7 Å². The lowest BCUT2D eigenvalue weighted by molar-refractivity contribution is 0.0137. The molecule has 0 radical (unpaired) electrons. The largest absolute Gasteiger partial charge is 0.444 e. The summed E-state index contributed by atoms with van der Waals surface area (Å²) in [7, 11) is 0. The lowest BCUT2D eigenvalue weighted by Crippen LogP contribution is -2.57. The zero-order chi connectivity index (χ0) is 22.7. The number of piperazine rings is 1. The van der Waals surface area contributed by atoms with Crippen LogP contribution in [0.5, 0.6) is 11.6 Å². The maximum absolute atomic E-state index is 13.1. The average Bonchev–Trinajstić information content (AvgIpc) is 3.15. The predicted molar refractivity (Wildman–Crippen MR) is 118 cm³/mol. The molecule has 2 aliphatic rings. The number of hydrogen-bond donors (Lipinski definition) is 1. The number of nitrogens with zero attached hydrogens (tertiary/aromatic N) is 4. The summed E-state index contributed by atoms with van der Waals surface area (Å²) >= 11 is 0. The smallest absolute Gasteiger partial charge is 0.410 e. The van der Waals surface area contributed by atoms with Gasteiger partial charge in [-0.15, -0.1) is 0 Å². The van der Waals surface area contributed by atoms with Gasteiger partial charge in [-0.05, 0) is 56.7 Å². The number of carbonyl (C=O) groups excluding carboxylic acids is 1. The molecule has 32 heavy (non-hydrogen) atoms. The Labute approximate surface area is 187 Å². The van der Waals surface area contributed by atoms with E-state index in [0.29, 0.717) is 44.4 Å². The summed E-state index contributed by atoms with van der Waals surface area (Å²) in [6.45, 7) is 8.69. The minimum absolute atomic E-state index is 0.147. The number of nitrogens with one attached hydrogen (secondary N) is 1. The molecule has 8 nitrogen and oxygen atoms in total. The van der Waals surface area contributed by atoms with Gasteiger partial charge in [-0.25, -0.2) is 14.2 Å². The van der Waals surface area contributed by atoms with Crippen LogP contribution in [0.25, 0.3) is 0 Å². The molecule has 170 valence electrons. The third kappa shape index (κ3) is 5.46. The Morgan fingerprint density at radius 1 is 1.22 bits per heavy atom. The van der Waals surface area contributed by atoms with Crippen LogP contribution in [-0.2, 0) is 11.3 Å². The number of aliphatic imine (C=N–C) groups is 1. The topological polar surface area (TPSA) is 79.3 Å². The molecule has 1 aromatic carbocycles. The van der Waals surface area contributed by atoms with Gasteiger partial charge in [0.2, 0.25) is 5.88 Å². The molecule has 4 rings (SSSR count). The maximum atomic E-state index is 13.1. The molecule has 2 aliphatic heterocycles. The van der Waals surface area contributed by atoms with E-state index in [1.807, 2.05) is 32.9 Å². The highest BCUT2D eigenvalue weighted by Crippen LogP contribution is 2.21. The Bertz CT molecular complexity index is 990. The fourth-order valence-corrected chi connectivity index (χ4v) is 3.64. The van der Waals surface area contributed by atoms with Crippen LogP contribution in [0.2, 0.25) is 0 Å². The Morgan fingerprint density at radius 3 is 2.75 bits per heavy atom. The number of pyridine rings is 1. The number of aromatic nitrogens is 1. The zero-order valence-corrected chi connectivity index (χ0v) is 18.5. The Morgan fingerprint density at radius 2 is 2.00 bits per heavy atom. The van der Waals surface area contributed by atoms with Gasteiger partial charge < -0.3 is 24.6 Å². The van der Waals surface area contributed by atoms with Crippen molar-refractivity contribution >= 4 is 12.1 Å². The molecule has 0 bridgehead atoms. The van der Waals surface area contributed by atoms with Crippen molar-refractivity contribution in [3.8, 4) is 11.6 Å². The fourth-order valence-electron chi connectivity index (χ4n) is 3.64. The number of ether oxygens (including phenoxy) is 2. The van der Waals surface area contributed by atoms with Crippen molar-refractivity contribution in [1.29, 1.82) is 0 Å². The standard InChI is InChI=1S/C23H28FN5O3/c1-23(2,3)32-22(30)28-10-11-29-18(15-28)14-27-21(29)26-13-16-8-9-25-20(12-16)31-19-6-4-17(24)5-7-19/h4-9,12,18H,10-11,13-15H2,1-3H3,(H,26,27). The van der Waals surface area contributed by atoms with E-state index >= 15 is 0 Å². The Kier molecular flexibility index (Phi) is 6.16. The van der Waals surface area contributed by atoms with Gasteiger partial charge in [0.05, 0.1) is 12.6 Å². The van der Waals surface area contributed by atoms with Gasteiger partial charge in [0, 0.05) is 38.4 Å². The molecule has 9 heteroatoms. The van der Waals surface area contributed by atoms with E-state index < -0.39 is 5.60 Å². The van der Waals surface area contributed by atoms with Crippen molar-refractivity contribution in [3.63, 3.8) is 0 Å². The molecule has 2 aromatic rings. The van der Waals surface area contributed by atoms with Crippen LogP contribution in [0.3, 0.4) is 0 Å². The molecule has 1 saturated heterocycles. The van der Waals surface area contributed by atoms with E-state index in [4.69, 9.17) is 9.47 Å². The summed E-state index contributed by atoms with van der Waals surface area (Å²) in [5, 5.41) is 3.39.